The summed E-state index contributed by atoms with van der Waals surface area (Å²) in [6.07, 6.45) is 0. The van der Waals surface area contributed by atoms with Crippen LogP contribution in [0.2, 0.25) is 0 Å². The van der Waals surface area contributed by atoms with E-state index >= 15 is 0 Å². The zero-order valence-electron chi connectivity index (χ0n) is 15.3. The number of nitrogens with zero attached hydrogens (tertiary/aromatic N) is 2. The van der Waals surface area contributed by atoms with Crippen LogP contribution in [0.1, 0.15) is 26.3 Å². The van der Waals surface area contributed by atoms with Crippen LogP contribution in [0.25, 0.3) is 5.57 Å². The molecule has 6 nitrogen and oxygen atoms in total. The van der Waals surface area contributed by atoms with Crippen molar-refractivity contribution in [3.8, 4) is 0 Å². The van der Waals surface area contributed by atoms with Crippen molar-refractivity contribution in [2.45, 2.75) is 32.4 Å². The molecule has 0 aromatic heterocycles. The maximum Gasteiger partial charge on any atom is 0.317 e. The van der Waals surface area contributed by atoms with Crippen molar-refractivity contribution in [1.29, 1.82) is 0 Å². The van der Waals surface area contributed by atoms with Gasteiger partial charge in [-0.3, -0.25) is 4.79 Å². The van der Waals surface area contributed by atoms with Gasteiger partial charge in [0, 0.05) is 30.7 Å². The number of carbonyl (C=O) groups excluding carboxylic acids is 2. The Morgan fingerprint density at radius 2 is 1.85 bits per heavy atom. The van der Waals surface area contributed by atoms with Crippen LogP contribution < -0.4 is 11.1 Å². The number of halogens is 1. The van der Waals surface area contributed by atoms with Gasteiger partial charge < -0.3 is 20.9 Å². The van der Waals surface area contributed by atoms with Crippen molar-refractivity contribution in [1.82, 2.24) is 15.1 Å². The van der Waals surface area contributed by atoms with Crippen molar-refractivity contribution in [3.63, 3.8) is 0 Å². The lowest BCUT2D eigenvalue weighted by atomic mass is 9.88. The number of nitrogens with one attached hydrogen (secondary N) is 1. The van der Waals surface area contributed by atoms with Crippen LogP contribution in [0.3, 0.4) is 0 Å². The van der Waals surface area contributed by atoms with E-state index < -0.39 is 11.8 Å². The van der Waals surface area contributed by atoms with Gasteiger partial charge in [-0.2, -0.15) is 0 Å². The largest absolute Gasteiger partial charge is 0.369 e. The third kappa shape index (κ3) is 3.51. The van der Waals surface area contributed by atoms with Gasteiger partial charge in [0.05, 0.1) is 12.0 Å². The normalized spacial score (nSPS) is 23.1. The molecule has 2 heterocycles. The van der Waals surface area contributed by atoms with E-state index in [9.17, 15) is 9.59 Å². The lowest BCUT2D eigenvalue weighted by Gasteiger charge is -2.41. The Bertz CT molecular complexity index is 742. The van der Waals surface area contributed by atoms with Gasteiger partial charge in [0.25, 0.3) is 0 Å². The molecular formula is C19H25ClN4O2. The third-order valence-corrected chi connectivity index (χ3v) is 5.17. The van der Waals surface area contributed by atoms with Gasteiger partial charge in [-0.25, -0.2) is 4.79 Å². The predicted octanol–water partition coefficient (Wildman–Crippen LogP) is 2.20. The monoisotopic (exact) mass is 376 g/mol. The summed E-state index contributed by atoms with van der Waals surface area (Å²) in [5, 5.41) is 3.53. The number of amides is 3. The summed E-state index contributed by atoms with van der Waals surface area (Å²) in [5.41, 5.74) is 7.06. The Labute approximate surface area is 159 Å². The van der Waals surface area contributed by atoms with E-state index in [-0.39, 0.29) is 17.6 Å². The number of hydrogen-bond donors (Lipinski definition) is 2. The topological polar surface area (TPSA) is 78.7 Å². The average Bonchev–Trinajstić information content (AvgIpc) is 2.86. The summed E-state index contributed by atoms with van der Waals surface area (Å²) < 4.78 is 0. The molecule has 3 N–H and O–H groups in total. The number of primary amides is 1. The molecule has 0 radical (unpaired) electrons. The van der Waals surface area contributed by atoms with E-state index in [2.05, 4.69) is 5.32 Å². The molecule has 0 aliphatic carbocycles. The zero-order chi connectivity index (χ0) is 19.1. The van der Waals surface area contributed by atoms with Crippen LogP contribution in [0, 0.1) is 5.92 Å². The summed E-state index contributed by atoms with van der Waals surface area (Å²) in [6, 6.07) is 9.21. The highest BCUT2D eigenvalue weighted by Gasteiger charge is 2.47. The van der Waals surface area contributed by atoms with Crippen molar-refractivity contribution in [2.75, 3.05) is 19.6 Å². The molecule has 1 saturated heterocycles. The number of benzene rings is 1. The van der Waals surface area contributed by atoms with Crippen molar-refractivity contribution >= 4 is 29.1 Å². The van der Waals surface area contributed by atoms with Crippen LogP contribution in [0.15, 0.2) is 35.5 Å². The molecule has 7 heteroatoms. The van der Waals surface area contributed by atoms with Crippen molar-refractivity contribution in [2.24, 2.45) is 11.7 Å². The summed E-state index contributed by atoms with van der Waals surface area (Å²) in [6.45, 7) is 7.34. The molecule has 0 saturated carbocycles. The molecule has 2 atom stereocenters. The Balaban J connectivity index is 1.87. The standard InChI is InChI=1S/C19H25ClN4O2/c1-19(2,3)22-18(26)23-9-10-24-13(11-23)15(17(21)25)14(16(24)20)12-7-5-4-6-8-12/h4-8,13,15H,9-11H2,1-3H3,(H2,21,25)(H,22,26). The minimum atomic E-state index is -0.546. The highest BCUT2D eigenvalue weighted by molar-refractivity contribution is 6.33. The first-order valence-electron chi connectivity index (χ1n) is 8.77. The minimum Gasteiger partial charge on any atom is -0.369 e. The maximum absolute atomic E-state index is 12.5. The molecule has 0 bridgehead atoms. The molecule has 3 rings (SSSR count). The molecule has 1 fully saturated rings. The Kier molecular flexibility index (Phi) is 4.88. The lowest BCUT2D eigenvalue weighted by Crippen LogP contribution is -2.59. The quantitative estimate of drug-likeness (QED) is 0.777. The molecule has 2 unspecified atom stereocenters. The van der Waals surface area contributed by atoms with Gasteiger partial charge in [-0.1, -0.05) is 41.9 Å². The first-order valence-corrected chi connectivity index (χ1v) is 9.15. The van der Waals surface area contributed by atoms with E-state index in [4.69, 9.17) is 17.3 Å². The smallest absolute Gasteiger partial charge is 0.317 e. The fraction of sp³-hybridized carbons (Fsp3) is 0.474. The second-order valence-electron chi connectivity index (χ2n) is 7.84. The van der Waals surface area contributed by atoms with E-state index in [1.807, 2.05) is 56.0 Å². The zero-order valence-corrected chi connectivity index (χ0v) is 16.1. The van der Waals surface area contributed by atoms with Crippen LogP contribution in [-0.4, -0.2) is 53.0 Å². The molecule has 0 spiro atoms. The summed E-state index contributed by atoms with van der Waals surface area (Å²) in [7, 11) is 0. The van der Waals surface area contributed by atoms with E-state index in [1.54, 1.807) is 4.90 Å². The lowest BCUT2D eigenvalue weighted by molar-refractivity contribution is -0.121. The Morgan fingerprint density at radius 1 is 1.19 bits per heavy atom. The van der Waals surface area contributed by atoms with Crippen LogP contribution >= 0.6 is 11.6 Å². The molecule has 3 amide bonds. The van der Waals surface area contributed by atoms with Gasteiger partial charge in [0.15, 0.2) is 0 Å². The SMILES string of the molecule is CC(C)(C)NC(=O)N1CCN2C(Cl)=C(c3ccccc3)C(C(N)=O)C2C1. The molecule has 2 aliphatic rings. The highest BCUT2D eigenvalue weighted by Crippen LogP contribution is 2.43. The van der Waals surface area contributed by atoms with Crippen LogP contribution in [0.5, 0.6) is 0 Å². The van der Waals surface area contributed by atoms with Gasteiger partial charge >= 0.3 is 6.03 Å². The number of fused-ring (bicyclic) bond motifs is 1. The van der Waals surface area contributed by atoms with Crippen LogP contribution in [-0.2, 0) is 4.79 Å². The fourth-order valence-electron chi connectivity index (χ4n) is 3.65. The second-order valence-corrected chi connectivity index (χ2v) is 8.20. The van der Waals surface area contributed by atoms with Crippen molar-refractivity contribution < 1.29 is 9.59 Å². The first kappa shape index (κ1) is 18.6. The van der Waals surface area contributed by atoms with E-state index in [1.165, 1.54) is 0 Å². The molecule has 140 valence electrons. The first-order chi connectivity index (χ1) is 12.2. The minimum absolute atomic E-state index is 0.135. The second kappa shape index (κ2) is 6.83. The molecule has 1 aromatic carbocycles. The Hall–Kier alpha value is -2.21. The molecule has 2 aliphatic heterocycles. The molecule has 1 aromatic rings. The highest BCUT2D eigenvalue weighted by atomic mass is 35.5. The number of nitrogens with two attached hydrogens (primary N) is 1. The summed E-state index contributed by atoms with van der Waals surface area (Å²) in [4.78, 5) is 28.6. The summed E-state index contributed by atoms with van der Waals surface area (Å²) in [5.74, 6) is -0.970. The third-order valence-electron chi connectivity index (χ3n) is 4.75. The maximum atomic E-state index is 12.5. The van der Waals surface area contributed by atoms with E-state index in [0.29, 0.717) is 24.8 Å². The molecular weight excluding hydrogens is 352 g/mol. The fourth-order valence-corrected chi connectivity index (χ4v) is 4.08. The Morgan fingerprint density at radius 3 is 2.42 bits per heavy atom. The number of carbonyl (C=O) groups is 2. The van der Waals surface area contributed by atoms with Gasteiger partial charge in [-0.05, 0) is 26.3 Å². The van der Waals surface area contributed by atoms with E-state index in [0.717, 1.165) is 11.1 Å². The predicted molar refractivity (Wildman–Crippen MR) is 102 cm³/mol. The number of urea groups is 1. The molecule has 26 heavy (non-hydrogen) atoms. The van der Waals surface area contributed by atoms with Gasteiger partial charge in [-0.15, -0.1) is 0 Å². The number of rotatable bonds is 2. The number of hydrogen-bond acceptors (Lipinski definition) is 3. The average molecular weight is 377 g/mol. The van der Waals surface area contributed by atoms with Gasteiger partial charge in [0.2, 0.25) is 5.91 Å². The van der Waals surface area contributed by atoms with Crippen molar-refractivity contribution in [3.05, 3.63) is 41.1 Å². The summed E-state index contributed by atoms with van der Waals surface area (Å²) >= 11 is 6.64. The number of piperazine rings is 1. The van der Waals surface area contributed by atoms with Gasteiger partial charge in [0.1, 0.15) is 5.16 Å². The van der Waals surface area contributed by atoms with Crippen LogP contribution in [0.4, 0.5) is 4.79 Å².